The van der Waals surface area contributed by atoms with Crippen molar-refractivity contribution in [1.82, 2.24) is 24.8 Å². The summed E-state index contributed by atoms with van der Waals surface area (Å²) in [5.41, 5.74) is 8.06. The molecule has 1 saturated heterocycles. The molecule has 1 aliphatic heterocycles. The second-order valence-electron chi connectivity index (χ2n) is 9.27. The molecule has 0 spiro atoms. The second kappa shape index (κ2) is 10.4. The number of anilines is 2. The third-order valence-corrected chi connectivity index (χ3v) is 6.40. The molecule has 9 nitrogen and oxygen atoms in total. The number of aromatic nitrogens is 4. The maximum Gasteiger partial charge on any atom is 0.343 e. The number of carbonyl (C=O) groups is 1. The van der Waals surface area contributed by atoms with Crippen molar-refractivity contribution >= 4 is 17.6 Å². The van der Waals surface area contributed by atoms with E-state index in [-0.39, 0.29) is 23.1 Å². The minimum Gasteiger partial charge on any atom is -0.477 e. The first-order chi connectivity index (χ1) is 16.7. The SMILES string of the molecule is Cc1cc(-c2cn(CCNC(C)C)c(C3CCN(c4ncnc(N)c4C(=O)O)CC3)n2)ccc1F. The predicted molar refractivity (Wildman–Crippen MR) is 133 cm³/mol. The number of carboxylic acid groups (broad SMARTS) is 1. The Morgan fingerprint density at radius 2 is 2.03 bits per heavy atom. The highest BCUT2D eigenvalue weighted by atomic mass is 19.1. The molecule has 4 N–H and O–H groups in total. The van der Waals surface area contributed by atoms with Crippen molar-refractivity contribution in [2.45, 2.75) is 52.1 Å². The minimum atomic E-state index is -1.13. The van der Waals surface area contributed by atoms with Crippen LogP contribution in [0.25, 0.3) is 11.3 Å². The van der Waals surface area contributed by atoms with Crippen LogP contribution in [0.5, 0.6) is 0 Å². The number of carboxylic acids is 1. The van der Waals surface area contributed by atoms with Crippen LogP contribution in [0.15, 0.2) is 30.7 Å². The first kappa shape index (κ1) is 24.6. The van der Waals surface area contributed by atoms with Gasteiger partial charge in [-0.1, -0.05) is 13.8 Å². The number of aryl methyl sites for hydroxylation is 1. The van der Waals surface area contributed by atoms with E-state index in [1.54, 1.807) is 13.0 Å². The highest BCUT2D eigenvalue weighted by Gasteiger charge is 2.29. The van der Waals surface area contributed by atoms with E-state index in [0.717, 1.165) is 43.0 Å². The number of nitrogens with zero attached hydrogens (tertiary/aromatic N) is 5. The number of piperidine rings is 1. The Labute approximate surface area is 204 Å². The molecule has 3 heterocycles. The van der Waals surface area contributed by atoms with Gasteiger partial charge >= 0.3 is 5.97 Å². The molecule has 0 atom stereocenters. The maximum atomic E-state index is 13.8. The lowest BCUT2D eigenvalue weighted by Crippen LogP contribution is -2.36. The van der Waals surface area contributed by atoms with E-state index in [9.17, 15) is 14.3 Å². The van der Waals surface area contributed by atoms with E-state index in [1.807, 2.05) is 17.2 Å². The number of benzene rings is 1. The molecule has 0 radical (unpaired) electrons. The predicted octanol–water partition coefficient (Wildman–Crippen LogP) is 3.45. The lowest BCUT2D eigenvalue weighted by atomic mass is 9.95. The molecule has 10 heteroatoms. The maximum absolute atomic E-state index is 13.8. The average Bonchev–Trinajstić information content (AvgIpc) is 3.24. The van der Waals surface area contributed by atoms with Gasteiger partial charge < -0.3 is 25.6 Å². The summed E-state index contributed by atoms with van der Waals surface area (Å²) in [4.78, 5) is 26.7. The molecule has 0 saturated carbocycles. The number of rotatable bonds is 8. The first-order valence-electron chi connectivity index (χ1n) is 11.9. The minimum absolute atomic E-state index is 0.0305. The first-order valence-corrected chi connectivity index (χ1v) is 11.9. The zero-order valence-corrected chi connectivity index (χ0v) is 20.3. The third-order valence-electron chi connectivity index (χ3n) is 6.40. The number of halogens is 1. The average molecular weight is 482 g/mol. The smallest absolute Gasteiger partial charge is 0.343 e. The monoisotopic (exact) mass is 481 g/mol. The standard InChI is InChI=1S/C25H32FN7O2/c1-15(2)28-8-11-33-13-20(18-4-5-19(26)16(3)12-18)31-23(33)17-6-9-32(10-7-17)24-21(25(34)35)22(27)29-14-30-24/h4-5,12-15,17,28H,6-11H2,1-3H3,(H,34,35)(H2,27,29,30). The Hall–Kier alpha value is -3.53. The summed E-state index contributed by atoms with van der Waals surface area (Å²) in [6.45, 7) is 8.82. The Kier molecular flexibility index (Phi) is 7.30. The topological polar surface area (TPSA) is 122 Å². The fraction of sp³-hybridized carbons (Fsp3) is 0.440. The Morgan fingerprint density at radius 3 is 2.69 bits per heavy atom. The summed E-state index contributed by atoms with van der Waals surface area (Å²) >= 11 is 0. The molecule has 0 aliphatic carbocycles. The summed E-state index contributed by atoms with van der Waals surface area (Å²) in [5.74, 6) is 0.161. The van der Waals surface area contributed by atoms with Gasteiger partial charge in [0.05, 0.1) is 5.69 Å². The molecule has 3 aromatic rings. The molecule has 4 rings (SSSR count). The van der Waals surface area contributed by atoms with E-state index in [0.29, 0.717) is 30.5 Å². The van der Waals surface area contributed by atoms with Crippen LogP contribution in [0, 0.1) is 12.7 Å². The van der Waals surface area contributed by atoms with Crippen LogP contribution in [0.2, 0.25) is 0 Å². The molecule has 0 unspecified atom stereocenters. The van der Waals surface area contributed by atoms with Gasteiger partial charge in [0.2, 0.25) is 0 Å². The zero-order chi connectivity index (χ0) is 25.1. The number of hydrogen-bond acceptors (Lipinski definition) is 7. The molecule has 0 bridgehead atoms. The largest absolute Gasteiger partial charge is 0.477 e. The van der Waals surface area contributed by atoms with Gasteiger partial charge in [-0.3, -0.25) is 0 Å². The highest BCUT2D eigenvalue weighted by Crippen LogP contribution is 2.33. The Balaban J connectivity index is 1.57. The Bertz CT molecular complexity index is 1200. The normalized spacial score (nSPS) is 14.6. The zero-order valence-electron chi connectivity index (χ0n) is 20.3. The van der Waals surface area contributed by atoms with Gasteiger partial charge in [-0.05, 0) is 43.5 Å². The fourth-order valence-electron chi connectivity index (χ4n) is 4.54. The summed E-state index contributed by atoms with van der Waals surface area (Å²) in [6.07, 6.45) is 4.93. The van der Waals surface area contributed by atoms with Gasteiger partial charge in [0.15, 0.2) is 0 Å². The number of nitrogen functional groups attached to an aromatic ring is 1. The van der Waals surface area contributed by atoms with E-state index in [2.05, 4.69) is 33.7 Å². The van der Waals surface area contributed by atoms with Gasteiger partial charge in [-0.15, -0.1) is 0 Å². The van der Waals surface area contributed by atoms with Crippen molar-refractivity contribution in [3.63, 3.8) is 0 Å². The molecule has 1 fully saturated rings. The van der Waals surface area contributed by atoms with E-state index in [1.165, 1.54) is 12.4 Å². The summed E-state index contributed by atoms with van der Waals surface area (Å²) in [7, 11) is 0. The van der Waals surface area contributed by atoms with Crippen molar-refractivity contribution in [3.05, 3.63) is 53.5 Å². The van der Waals surface area contributed by atoms with Crippen molar-refractivity contribution in [2.24, 2.45) is 0 Å². The van der Waals surface area contributed by atoms with Gasteiger partial charge in [-0.25, -0.2) is 24.1 Å². The molecule has 35 heavy (non-hydrogen) atoms. The van der Waals surface area contributed by atoms with Gasteiger partial charge in [0.25, 0.3) is 0 Å². The third kappa shape index (κ3) is 5.43. The van der Waals surface area contributed by atoms with Gasteiger partial charge in [0, 0.05) is 49.9 Å². The molecule has 0 amide bonds. The van der Waals surface area contributed by atoms with Crippen molar-refractivity contribution in [3.8, 4) is 11.3 Å². The number of aromatic carboxylic acids is 1. The quantitative estimate of drug-likeness (QED) is 0.447. The summed E-state index contributed by atoms with van der Waals surface area (Å²) in [5, 5.41) is 13.0. The number of imidazole rings is 1. The molecular formula is C25H32FN7O2. The highest BCUT2D eigenvalue weighted by molar-refractivity contribution is 5.98. The molecule has 1 aliphatic rings. The van der Waals surface area contributed by atoms with E-state index >= 15 is 0 Å². The van der Waals surface area contributed by atoms with E-state index < -0.39 is 5.97 Å². The van der Waals surface area contributed by atoms with Crippen LogP contribution in [0.3, 0.4) is 0 Å². The van der Waals surface area contributed by atoms with Gasteiger partial charge in [0.1, 0.15) is 35.2 Å². The van der Waals surface area contributed by atoms with Crippen LogP contribution in [0.1, 0.15) is 54.4 Å². The van der Waals surface area contributed by atoms with E-state index in [4.69, 9.17) is 10.7 Å². The van der Waals surface area contributed by atoms with Crippen molar-refractivity contribution in [2.75, 3.05) is 30.3 Å². The molecule has 2 aromatic heterocycles. The van der Waals surface area contributed by atoms with Crippen LogP contribution in [-0.4, -0.2) is 56.3 Å². The van der Waals surface area contributed by atoms with Crippen LogP contribution >= 0.6 is 0 Å². The number of hydrogen-bond donors (Lipinski definition) is 3. The summed E-state index contributed by atoms with van der Waals surface area (Å²) in [6, 6.07) is 5.46. The van der Waals surface area contributed by atoms with Crippen LogP contribution < -0.4 is 16.0 Å². The lowest BCUT2D eigenvalue weighted by Gasteiger charge is -2.33. The number of nitrogens with two attached hydrogens (primary N) is 1. The fourth-order valence-corrected chi connectivity index (χ4v) is 4.54. The summed E-state index contributed by atoms with van der Waals surface area (Å²) < 4.78 is 16.0. The van der Waals surface area contributed by atoms with Crippen LogP contribution in [0.4, 0.5) is 16.0 Å². The number of nitrogens with one attached hydrogen (secondary N) is 1. The van der Waals surface area contributed by atoms with Crippen molar-refractivity contribution < 1.29 is 14.3 Å². The van der Waals surface area contributed by atoms with Crippen LogP contribution in [-0.2, 0) is 6.54 Å². The van der Waals surface area contributed by atoms with Gasteiger partial charge in [-0.2, -0.15) is 0 Å². The second-order valence-corrected chi connectivity index (χ2v) is 9.27. The molecule has 186 valence electrons. The van der Waals surface area contributed by atoms with Crippen molar-refractivity contribution in [1.29, 1.82) is 0 Å². The Morgan fingerprint density at radius 1 is 1.29 bits per heavy atom. The lowest BCUT2D eigenvalue weighted by molar-refractivity contribution is 0.0698. The molecule has 1 aromatic carbocycles. The molecular weight excluding hydrogens is 449 g/mol.